The number of benzene rings is 1. The number of ketones is 1. The normalized spacial score (nSPS) is 13.2. The van der Waals surface area contributed by atoms with Crippen molar-refractivity contribution in [3.63, 3.8) is 0 Å². The molecule has 6 heteroatoms. The third-order valence-corrected chi connectivity index (χ3v) is 4.48. The van der Waals surface area contributed by atoms with Crippen molar-refractivity contribution in [3.8, 4) is 0 Å². The molecule has 0 spiro atoms. The minimum absolute atomic E-state index is 0.0462. The van der Waals surface area contributed by atoms with E-state index in [0.29, 0.717) is 14.8 Å². The van der Waals surface area contributed by atoms with Crippen LogP contribution in [0.1, 0.15) is 36.7 Å². The monoisotopic (exact) mass is 358 g/mol. The van der Waals surface area contributed by atoms with Crippen LogP contribution in [-0.2, 0) is 4.79 Å². The highest BCUT2D eigenvalue weighted by molar-refractivity contribution is 7.07. The summed E-state index contributed by atoms with van der Waals surface area (Å²) < 4.78 is 1.01. The topological polar surface area (TPSA) is 70.2 Å². The molecule has 0 unspecified atom stereocenters. The highest BCUT2D eigenvalue weighted by Crippen LogP contribution is 2.14. The molecule has 1 heterocycles. The van der Waals surface area contributed by atoms with Crippen LogP contribution in [0.5, 0.6) is 0 Å². The van der Waals surface area contributed by atoms with Crippen molar-refractivity contribution < 1.29 is 9.59 Å². The van der Waals surface area contributed by atoms with Crippen LogP contribution in [0.4, 0.5) is 0 Å². The van der Waals surface area contributed by atoms with Gasteiger partial charge in [-0.2, -0.15) is 0 Å². The van der Waals surface area contributed by atoms with Gasteiger partial charge < -0.3 is 9.88 Å². The first-order chi connectivity index (χ1) is 11.6. The van der Waals surface area contributed by atoms with E-state index in [4.69, 9.17) is 0 Å². The van der Waals surface area contributed by atoms with Crippen LogP contribution in [0.2, 0.25) is 0 Å². The molecule has 132 valence electrons. The van der Waals surface area contributed by atoms with Crippen LogP contribution in [0.25, 0.3) is 12.2 Å². The summed E-state index contributed by atoms with van der Waals surface area (Å²) in [6, 6.07) is 7.08. The lowest BCUT2D eigenvalue weighted by Gasteiger charge is -2.12. The van der Waals surface area contributed by atoms with Crippen molar-refractivity contribution in [3.05, 3.63) is 54.9 Å². The third kappa shape index (κ3) is 4.76. The number of amides is 1. The fraction of sp³-hybridized carbons (Fsp3) is 0.316. The average Bonchev–Trinajstić information content (AvgIpc) is 2.85. The smallest absolute Gasteiger partial charge is 0.266 e. The Bertz CT molecular complexity index is 975. The van der Waals surface area contributed by atoms with E-state index in [1.807, 2.05) is 26.8 Å². The molecule has 1 amide bonds. The Morgan fingerprint density at radius 3 is 2.48 bits per heavy atom. The molecule has 1 aromatic heterocycles. The van der Waals surface area contributed by atoms with Crippen molar-refractivity contribution in [2.24, 2.45) is 5.41 Å². The Balaban J connectivity index is 2.45. The SMILES string of the molecule is CN(C)C(=O)c1cccc(/C=c2\s/c(=C/C(=O)C(C)(C)C)[nH]c2=O)c1. The molecule has 1 aromatic carbocycles. The van der Waals surface area contributed by atoms with E-state index in [-0.39, 0.29) is 17.2 Å². The number of aromatic nitrogens is 1. The van der Waals surface area contributed by atoms with Gasteiger partial charge in [0, 0.05) is 31.1 Å². The highest BCUT2D eigenvalue weighted by Gasteiger charge is 2.18. The van der Waals surface area contributed by atoms with Crippen LogP contribution >= 0.6 is 11.3 Å². The number of rotatable bonds is 3. The summed E-state index contributed by atoms with van der Waals surface area (Å²) in [6.07, 6.45) is 3.18. The third-order valence-electron chi connectivity index (χ3n) is 3.52. The lowest BCUT2D eigenvalue weighted by Crippen LogP contribution is -2.22. The van der Waals surface area contributed by atoms with Crippen LogP contribution < -0.4 is 14.8 Å². The zero-order chi connectivity index (χ0) is 18.8. The number of hydrogen-bond donors (Lipinski definition) is 1. The lowest BCUT2D eigenvalue weighted by molar-refractivity contribution is -0.119. The van der Waals surface area contributed by atoms with E-state index in [9.17, 15) is 14.4 Å². The summed E-state index contributed by atoms with van der Waals surface area (Å²) in [5, 5.41) is 0. The van der Waals surface area contributed by atoms with E-state index >= 15 is 0 Å². The Morgan fingerprint density at radius 2 is 1.88 bits per heavy atom. The fourth-order valence-electron chi connectivity index (χ4n) is 2.03. The van der Waals surface area contributed by atoms with Gasteiger partial charge in [-0.3, -0.25) is 14.4 Å². The van der Waals surface area contributed by atoms with Gasteiger partial charge in [-0.15, -0.1) is 11.3 Å². The molecule has 0 atom stereocenters. The number of Topliss-reactive ketones (excluding diaryl/α,β-unsaturated/α-hetero) is 1. The molecule has 0 bridgehead atoms. The number of carbonyl (C=O) groups is 2. The molecule has 0 saturated heterocycles. The second-order valence-corrected chi connectivity index (χ2v) is 8.10. The van der Waals surface area contributed by atoms with Crippen molar-refractivity contribution >= 4 is 35.2 Å². The molecule has 0 aliphatic rings. The Morgan fingerprint density at radius 1 is 1.20 bits per heavy atom. The van der Waals surface area contributed by atoms with Crippen molar-refractivity contribution in [2.45, 2.75) is 20.8 Å². The number of hydrogen-bond acceptors (Lipinski definition) is 4. The first kappa shape index (κ1) is 18.9. The summed E-state index contributed by atoms with van der Waals surface area (Å²) in [7, 11) is 3.38. The molecular weight excluding hydrogens is 336 g/mol. The number of carbonyl (C=O) groups excluding carboxylic acids is 2. The number of H-pyrrole nitrogens is 1. The summed E-state index contributed by atoms with van der Waals surface area (Å²) in [5.74, 6) is -0.143. The summed E-state index contributed by atoms with van der Waals surface area (Å²) in [4.78, 5) is 40.4. The number of aromatic amines is 1. The molecular formula is C19H22N2O3S. The zero-order valence-electron chi connectivity index (χ0n) is 15.0. The van der Waals surface area contributed by atoms with Gasteiger partial charge in [0.2, 0.25) is 0 Å². The molecule has 1 N–H and O–H groups in total. The summed E-state index contributed by atoms with van der Waals surface area (Å²) in [6.45, 7) is 5.49. The van der Waals surface area contributed by atoms with Crippen LogP contribution in [0.3, 0.4) is 0 Å². The maximum absolute atomic E-state index is 12.1. The molecule has 5 nitrogen and oxygen atoms in total. The van der Waals surface area contributed by atoms with Crippen molar-refractivity contribution in [1.29, 1.82) is 0 Å². The molecule has 2 rings (SSSR count). The lowest BCUT2D eigenvalue weighted by atomic mass is 9.91. The Kier molecular flexibility index (Phi) is 5.42. The Labute approximate surface area is 150 Å². The van der Waals surface area contributed by atoms with Crippen LogP contribution in [0, 0.1) is 5.41 Å². The largest absolute Gasteiger partial charge is 0.345 e. The van der Waals surface area contributed by atoms with Crippen molar-refractivity contribution in [2.75, 3.05) is 14.1 Å². The van der Waals surface area contributed by atoms with E-state index in [2.05, 4.69) is 4.98 Å². The molecule has 0 aliphatic heterocycles. The Hall–Kier alpha value is -2.47. The quantitative estimate of drug-likeness (QED) is 0.901. The first-order valence-electron chi connectivity index (χ1n) is 7.86. The molecule has 2 aromatic rings. The predicted octanol–water partition coefficient (Wildman–Crippen LogP) is 1.36. The molecule has 0 radical (unpaired) electrons. The molecule has 25 heavy (non-hydrogen) atoms. The van der Waals surface area contributed by atoms with E-state index in [1.165, 1.54) is 22.3 Å². The molecule has 0 fully saturated rings. The fourth-order valence-corrected chi connectivity index (χ4v) is 2.92. The second kappa shape index (κ2) is 7.19. The maximum atomic E-state index is 12.1. The molecule has 0 saturated carbocycles. The first-order valence-corrected chi connectivity index (χ1v) is 8.68. The van der Waals surface area contributed by atoms with Crippen LogP contribution in [-0.4, -0.2) is 35.7 Å². The van der Waals surface area contributed by atoms with Gasteiger partial charge in [0.1, 0.15) is 0 Å². The number of thiazole rings is 1. The minimum atomic E-state index is -0.494. The van der Waals surface area contributed by atoms with Crippen LogP contribution in [0.15, 0.2) is 29.1 Å². The van der Waals surface area contributed by atoms with Gasteiger partial charge >= 0.3 is 0 Å². The van der Waals surface area contributed by atoms with E-state index in [0.717, 1.165) is 5.56 Å². The van der Waals surface area contributed by atoms with Gasteiger partial charge in [-0.1, -0.05) is 32.9 Å². The van der Waals surface area contributed by atoms with Gasteiger partial charge in [0.05, 0.1) is 9.20 Å². The highest BCUT2D eigenvalue weighted by atomic mass is 32.1. The van der Waals surface area contributed by atoms with Gasteiger partial charge in [-0.25, -0.2) is 0 Å². The van der Waals surface area contributed by atoms with Crippen molar-refractivity contribution in [1.82, 2.24) is 9.88 Å². The average molecular weight is 358 g/mol. The van der Waals surface area contributed by atoms with Gasteiger partial charge in [0.25, 0.3) is 11.5 Å². The summed E-state index contributed by atoms with van der Waals surface area (Å²) in [5.41, 5.74) is 0.573. The maximum Gasteiger partial charge on any atom is 0.266 e. The minimum Gasteiger partial charge on any atom is -0.345 e. The number of nitrogens with one attached hydrogen (secondary N) is 1. The van der Waals surface area contributed by atoms with Gasteiger partial charge in [0.15, 0.2) is 5.78 Å². The molecule has 0 aliphatic carbocycles. The summed E-state index contributed by atoms with van der Waals surface area (Å²) >= 11 is 1.22. The van der Waals surface area contributed by atoms with E-state index < -0.39 is 5.41 Å². The zero-order valence-corrected chi connectivity index (χ0v) is 15.9. The standard InChI is InChI=1S/C19H22N2O3S/c1-19(2,3)15(22)11-16-20-17(23)14(25-16)10-12-7-6-8-13(9-12)18(24)21(4)5/h6-11H,1-5H3,(H,20,23)/b14-10-,16-11+. The predicted molar refractivity (Wildman–Crippen MR) is 101 cm³/mol. The van der Waals surface area contributed by atoms with E-state index in [1.54, 1.807) is 38.4 Å². The second-order valence-electron chi connectivity index (χ2n) is 7.01. The van der Waals surface area contributed by atoms with Gasteiger partial charge in [-0.05, 0) is 23.8 Å². The number of nitrogens with zero attached hydrogens (tertiary/aromatic N) is 1.